The lowest BCUT2D eigenvalue weighted by molar-refractivity contribution is 0.759. The van der Waals surface area contributed by atoms with Gasteiger partial charge in [0.25, 0.3) is 0 Å². The largest absolute Gasteiger partial charge is 0.367 e. The second-order valence-electron chi connectivity index (χ2n) is 4.68. The first-order valence-electron chi connectivity index (χ1n) is 6.22. The van der Waals surface area contributed by atoms with Gasteiger partial charge in [-0.1, -0.05) is 18.2 Å². The van der Waals surface area contributed by atoms with Crippen LogP contribution in [-0.2, 0) is 0 Å². The average Bonchev–Trinajstić information content (AvgIpc) is 3.14. The molecule has 3 heteroatoms. The van der Waals surface area contributed by atoms with E-state index < -0.39 is 0 Å². The van der Waals surface area contributed by atoms with Gasteiger partial charge < -0.3 is 10.6 Å². The van der Waals surface area contributed by atoms with Crippen LogP contribution in [-0.4, -0.2) is 12.6 Å². The number of nitrogens with zero attached hydrogens (tertiary/aromatic N) is 2. The van der Waals surface area contributed by atoms with E-state index in [1.165, 1.54) is 24.1 Å². The molecule has 1 aliphatic rings. The van der Waals surface area contributed by atoms with E-state index in [1.807, 2.05) is 19.1 Å². The smallest absolute Gasteiger partial charge is 0.0640 e. The number of hydrogen-bond donors (Lipinski definition) is 1. The highest BCUT2D eigenvalue weighted by Crippen LogP contribution is 2.35. The Morgan fingerprint density at radius 1 is 1.47 bits per heavy atom. The Hall–Kier alpha value is -1.53. The van der Waals surface area contributed by atoms with Crippen molar-refractivity contribution in [1.29, 1.82) is 5.26 Å². The third-order valence-corrected chi connectivity index (χ3v) is 3.19. The molecular formula is C14H19N3. The van der Waals surface area contributed by atoms with E-state index in [2.05, 4.69) is 23.1 Å². The van der Waals surface area contributed by atoms with Crippen molar-refractivity contribution in [3.63, 3.8) is 0 Å². The number of anilines is 1. The molecule has 0 saturated heterocycles. The molecule has 1 aromatic carbocycles. The zero-order valence-electron chi connectivity index (χ0n) is 10.3. The number of nitriles is 1. The molecule has 3 nitrogen and oxygen atoms in total. The van der Waals surface area contributed by atoms with Crippen LogP contribution < -0.4 is 10.6 Å². The summed E-state index contributed by atoms with van der Waals surface area (Å²) in [6, 6.07) is 11.2. The van der Waals surface area contributed by atoms with Gasteiger partial charge in [-0.15, -0.1) is 0 Å². The molecular weight excluding hydrogens is 210 g/mol. The van der Waals surface area contributed by atoms with Gasteiger partial charge in [0.1, 0.15) is 0 Å². The van der Waals surface area contributed by atoms with Crippen LogP contribution in [0.1, 0.15) is 37.8 Å². The Morgan fingerprint density at radius 3 is 2.76 bits per heavy atom. The molecule has 0 radical (unpaired) electrons. The topological polar surface area (TPSA) is 53.0 Å². The maximum absolute atomic E-state index is 8.74. The summed E-state index contributed by atoms with van der Waals surface area (Å²) in [7, 11) is 0. The molecule has 1 aliphatic carbocycles. The Morgan fingerprint density at radius 2 is 2.18 bits per heavy atom. The van der Waals surface area contributed by atoms with Gasteiger partial charge in [-0.05, 0) is 31.4 Å². The Bertz CT molecular complexity index is 416. The summed E-state index contributed by atoms with van der Waals surface area (Å²) in [6.45, 7) is 2.82. The molecule has 0 aliphatic heterocycles. The molecule has 1 aromatic rings. The summed E-state index contributed by atoms with van der Waals surface area (Å²) in [5.74, 6) is 0. The lowest BCUT2D eigenvalue weighted by atomic mass is 10.1. The fraction of sp³-hybridized carbons (Fsp3) is 0.500. The summed E-state index contributed by atoms with van der Waals surface area (Å²) in [5.41, 5.74) is 8.40. The summed E-state index contributed by atoms with van der Waals surface area (Å²) in [5, 5.41) is 8.74. The predicted octanol–water partition coefficient (Wildman–Crippen LogP) is 2.59. The van der Waals surface area contributed by atoms with E-state index in [1.54, 1.807) is 0 Å². The molecule has 2 N–H and O–H groups in total. The minimum absolute atomic E-state index is 0.0366. The number of hydrogen-bond acceptors (Lipinski definition) is 3. The Balaban J connectivity index is 2.25. The lowest BCUT2D eigenvalue weighted by Gasteiger charge is -2.27. The monoisotopic (exact) mass is 229 g/mol. The highest BCUT2D eigenvalue weighted by Gasteiger charge is 2.30. The second-order valence-corrected chi connectivity index (χ2v) is 4.68. The van der Waals surface area contributed by atoms with E-state index in [-0.39, 0.29) is 6.04 Å². The SMILES string of the molecule is C[C@@H](N)c1ccccc1N(CCC#N)C1CC1. The first-order valence-corrected chi connectivity index (χ1v) is 6.22. The van der Waals surface area contributed by atoms with Gasteiger partial charge in [0.05, 0.1) is 12.5 Å². The van der Waals surface area contributed by atoms with Crippen molar-refractivity contribution in [2.45, 2.75) is 38.3 Å². The Kier molecular flexibility index (Phi) is 3.65. The van der Waals surface area contributed by atoms with Crippen LogP contribution in [0.15, 0.2) is 24.3 Å². The third kappa shape index (κ3) is 2.78. The molecule has 2 rings (SSSR count). The van der Waals surface area contributed by atoms with Gasteiger partial charge in [0.15, 0.2) is 0 Å². The van der Waals surface area contributed by atoms with Crippen LogP contribution in [0.5, 0.6) is 0 Å². The van der Waals surface area contributed by atoms with E-state index in [4.69, 9.17) is 11.0 Å². The first kappa shape index (κ1) is 11.9. The molecule has 0 aromatic heterocycles. The van der Waals surface area contributed by atoms with E-state index in [9.17, 15) is 0 Å². The number of para-hydroxylation sites is 1. The quantitative estimate of drug-likeness (QED) is 0.844. The minimum atomic E-state index is 0.0366. The van der Waals surface area contributed by atoms with E-state index in [0.717, 1.165) is 6.54 Å². The van der Waals surface area contributed by atoms with Crippen molar-refractivity contribution in [2.75, 3.05) is 11.4 Å². The molecule has 90 valence electrons. The van der Waals surface area contributed by atoms with Crippen LogP contribution in [0.25, 0.3) is 0 Å². The minimum Gasteiger partial charge on any atom is -0.367 e. The molecule has 0 heterocycles. The van der Waals surface area contributed by atoms with Crippen molar-refractivity contribution >= 4 is 5.69 Å². The van der Waals surface area contributed by atoms with Crippen molar-refractivity contribution in [3.8, 4) is 6.07 Å². The van der Waals surface area contributed by atoms with Crippen LogP contribution >= 0.6 is 0 Å². The predicted molar refractivity (Wildman–Crippen MR) is 69.6 cm³/mol. The summed E-state index contributed by atoms with van der Waals surface area (Å²) in [6.07, 6.45) is 3.04. The molecule has 0 amide bonds. The van der Waals surface area contributed by atoms with E-state index >= 15 is 0 Å². The van der Waals surface area contributed by atoms with Crippen molar-refractivity contribution < 1.29 is 0 Å². The number of rotatable bonds is 5. The van der Waals surface area contributed by atoms with Gasteiger partial charge in [0, 0.05) is 24.3 Å². The van der Waals surface area contributed by atoms with Crippen molar-refractivity contribution in [2.24, 2.45) is 5.73 Å². The van der Waals surface area contributed by atoms with Crippen LogP contribution in [0, 0.1) is 11.3 Å². The highest BCUT2D eigenvalue weighted by molar-refractivity contribution is 5.56. The molecule has 0 unspecified atom stereocenters. The summed E-state index contributed by atoms with van der Waals surface area (Å²) in [4.78, 5) is 2.35. The average molecular weight is 229 g/mol. The van der Waals surface area contributed by atoms with Gasteiger partial charge in [-0.3, -0.25) is 0 Å². The zero-order valence-corrected chi connectivity index (χ0v) is 10.3. The zero-order chi connectivity index (χ0) is 12.3. The first-order chi connectivity index (χ1) is 8.24. The van der Waals surface area contributed by atoms with Gasteiger partial charge >= 0.3 is 0 Å². The van der Waals surface area contributed by atoms with Gasteiger partial charge in [-0.2, -0.15) is 5.26 Å². The van der Waals surface area contributed by atoms with Crippen molar-refractivity contribution in [1.82, 2.24) is 0 Å². The fourth-order valence-corrected chi connectivity index (χ4v) is 2.19. The molecule has 1 saturated carbocycles. The van der Waals surface area contributed by atoms with Crippen LogP contribution in [0.2, 0.25) is 0 Å². The van der Waals surface area contributed by atoms with Gasteiger partial charge in [0.2, 0.25) is 0 Å². The van der Waals surface area contributed by atoms with E-state index in [0.29, 0.717) is 12.5 Å². The summed E-state index contributed by atoms with van der Waals surface area (Å²) < 4.78 is 0. The second kappa shape index (κ2) is 5.20. The molecule has 17 heavy (non-hydrogen) atoms. The molecule has 0 bridgehead atoms. The molecule has 1 fully saturated rings. The number of benzene rings is 1. The Labute approximate surface area is 103 Å². The maximum atomic E-state index is 8.74. The van der Waals surface area contributed by atoms with Gasteiger partial charge in [-0.25, -0.2) is 0 Å². The summed E-state index contributed by atoms with van der Waals surface area (Å²) >= 11 is 0. The highest BCUT2D eigenvalue weighted by atomic mass is 15.2. The lowest BCUT2D eigenvalue weighted by Crippen LogP contribution is -2.28. The van der Waals surface area contributed by atoms with Crippen LogP contribution in [0.4, 0.5) is 5.69 Å². The maximum Gasteiger partial charge on any atom is 0.0640 e. The normalized spacial score (nSPS) is 16.3. The number of nitrogens with two attached hydrogens (primary N) is 1. The van der Waals surface area contributed by atoms with Crippen molar-refractivity contribution in [3.05, 3.63) is 29.8 Å². The third-order valence-electron chi connectivity index (χ3n) is 3.19. The standard InChI is InChI=1S/C14H19N3/c1-11(16)13-5-2-3-6-14(13)17(10-4-9-15)12-7-8-12/h2-3,5-6,11-12H,4,7-8,10,16H2,1H3/t11-/m1/s1. The fourth-order valence-electron chi connectivity index (χ4n) is 2.19. The molecule has 1 atom stereocenters. The van der Waals surface area contributed by atoms with Crippen LogP contribution in [0.3, 0.4) is 0 Å². The molecule has 0 spiro atoms.